The summed E-state index contributed by atoms with van der Waals surface area (Å²) in [5, 5.41) is 7.65. The highest BCUT2D eigenvalue weighted by molar-refractivity contribution is 8.00. The molecule has 0 aliphatic heterocycles. The number of thioether (sulfide) groups is 1. The molecular formula is C20H20N4O4S. The number of carbonyl (C=O) groups excluding carboxylic acids is 2. The molecule has 0 aliphatic rings. The first-order valence-corrected chi connectivity index (χ1v) is 9.65. The molecule has 2 N–H and O–H groups in total. The van der Waals surface area contributed by atoms with Crippen molar-refractivity contribution in [2.75, 3.05) is 7.11 Å². The Morgan fingerprint density at radius 1 is 1.03 bits per heavy atom. The van der Waals surface area contributed by atoms with Gasteiger partial charge in [0, 0.05) is 11.1 Å². The van der Waals surface area contributed by atoms with Gasteiger partial charge in [0.2, 0.25) is 5.89 Å². The second kappa shape index (κ2) is 9.24. The van der Waals surface area contributed by atoms with Crippen molar-refractivity contribution in [2.24, 2.45) is 0 Å². The minimum absolute atomic E-state index is 0.253. The van der Waals surface area contributed by atoms with Crippen molar-refractivity contribution in [3.05, 3.63) is 59.7 Å². The smallest absolute Gasteiger partial charge is 0.277 e. The summed E-state index contributed by atoms with van der Waals surface area (Å²) in [5.41, 5.74) is 7.04. The third-order valence-electron chi connectivity index (χ3n) is 4.00. The molecule has 0 spiro atoms. The highest BCUT2D eigenvalue weighted by Crippen LogP contribution is 2.27. The van der Waals surface area contributed by atoms with E-state index in [0.717, 1.165) is 28.6 Å². The van der Waals surface area contributed by atoms with Gasteiger partial charge in [0.1, 0.15) is 5.75 Å². The van der Waals surface area contributed by atoms with Crippen LogP contribution in [0.25, 0.3) is 11.5 Å². The molecule has 3 aromatic rings. The van der Waals surface area contributed by atoms with Crippen molar-refractivity contribution in [2.45, 2.75) is 24.3 Å². The lowest BCUT2D eigenvalue weighted by Gasteiger charge is -2.11. The largest absolute Gasteiger partial charge is 0.497 e. The predicted octanol–water partition coefficient (Wildman–Crippen LogP) is 3.00. The van der Waals surface area contributed by atoms with E-state index in [1.54, 1.807) is 50.4 Å². The molecule has 150 valence electrons. The molecule has 1 aromatic heterocycles. The summed E-state index contributed by atoms with van der Waals surface area (Å²) in [4.78, 5) is 24.3. The first-order chi connectivity index (χ1) is 14.0. The summed E-state index contributed by atoms with van der Waals surface area (Å²) in [7, 11) is 1.59. The number of ether oxygens (including phenoxy) is 1. The number of amides is 2. The molecule has 0 unspecified atom stereocenters. The van der Waals surface area contributed by atoms with Gasteiger partial charge in [-0.2, -0.15) is 0 Å². The van der Waals surface area contributed by atoms with E-state index in [-0.39, 0.29) is 11.1 Å². The molecule has 0 fully saturated rings. The van der Waals surface area contributed by atoms with E-state index >= 15 is 0 Å². The number of methoxy groups -OCH3 is 1. The number of aryl methyl sites for hydroxylation is 1. The number of hydrogen-bond acceptors (Lipinski definition) is 7. The predicted molar refractivity (Wildman–Crippen MR) is 108 cm³/mol. The minimum atomic E-state index is -0.558. The number of nitrogens with zero attached hydrogens (tertiary/aromatic N) is 2. The summed E-state index contributed by atoms with van der Waals surface area (Å²) in [6, 6.07) is 14.2. The van der Waals surface area contributed by atoms with Crippen molar-refractivity contribution in [1.82, 2.24) is 21.0 Å². The number of aromatic nitrogens is 2. The minimum Gasteiger partial charge on any atom is -0.497 e. The average Bonchev–Trinajstić information content (AvgIpc) is 3.20. The maximum atomic E-state index is 12.2. The van der Waals surface area contributed by atoms with Gasteiger partial charge in [0.15, 0.2) is 0 Å². The van der Waals surface area contributed by atoms with Crippen LogP contribution in [-0.2, 0) is 4.79 Å². The maximum absolute atomic E-state index is 12.2. The second-order valence-corrected chi connectivity index (χ2v) is 7.46. The fraction of sp³-hybridized carbons (Fsp3) is 0.200. The second-order valence-electron chi connectivity index (χ2n) is 6.17. The van der Waals surface area contributed by atoms with Crippen LogP contribution in [-0.4, -0.2) is 34.4 Å². The molecule has 29 heavy (non-hydrogen) atoms. The Balaban J connectivity index is 1.53. The van der Waals surface area contributed by atoms with Gasteiger partial charge in [-0.1, -0.05) is 29.5 Å². The normalized spacial score (nSPS) is 11.6. The third-order valence-corrected chi connectivity index (χ3v) is 4.94. The van der Waals surface area contributed by atoms with Crippen LogP contribution in [0, 0.1) is 6.92 Å². The summed E-state index contributed by atoms with van der Waals surface area (Å²) < 4.78 is 10.7. The Morgan fingerprint density at radius 3 is 2.38 bits per heavy atom. The van der Waals surface area contributed by atoms with Crippen molar-refractivity contribution in [3.8, 4) is 17.2 Å². The van der Waals surface area contributed by atoms with Crippen LogP contribution in [0.5, 0.6) is 5.75 Å². The van der Waals surface area contributed by atoms with Gasteiger partial charge in [-0.3, -0.25) is 20.4 Å². The Labute approximate surface area is 172 Å². The first-order valence-electron chi connectivity index (χ1n) is 8.77. The number of carbonyl (C=O) groups is 2. The molecule has 0 saturated carbocycles. The number of hydrogen-bond donors (Lipinski definition) is 2. The maximum Gasteiger partial charge on any atom is 0.277 e. The van der Waals surface area contributed by atoms with E-state index in [9.17, 15) is 9.59 Å². The van der Waals surface area contributed by atoms with E-state index < -0.39 is 11.2 Å². The van der Waals surface area contributed by atoms with Crippen LogP contribution in [0.4, 0.5) is 0 Å². The van der Waals surface area contributed by atoms with Crippen LogP contribution in [0.15, 0.2) is 58.2 Å². The lowest BCUT2D eigenvalue weighted by Crippen LogP contribution is -2.44. The molecule has 2 aromatic carbocycles. The zero-order chi connectivity index (χ0) is 20.8. The summed E-state index contributed by atoms with van der Waals surface area (Å²) >= 11 is 1.10. The molecule has 1 heterocycles. The standard InChI is InChI=1S/C20H20N4O4S/c1-12-4-6-14(7-5-12)18(26)22-21-17(25)13(2)29-20-24-23-19(28-20)15-8-10-16(27-3)11-9-15/h4-11,13H,1-3H3,(H,21,25)(H,22,26)/t13-/m1/s1. The molecule has 2 amide bonds. The monoisotopic (exact) mass is 412 g/mol. The highest BCUT2D eigenvalue weighted by Gasteiger charge is 2.19. The van der Waals surface area contributed by atoms with Crippen LogP contribution in [0.2, 0.25) is 0 Å². The van der Waals surface area contributed by atoms with E-state index in [2.05, 4.69) is 21.0 Å². The molecule has 0 radical (unpaired) electrons. The fourth-order valence-electron chi connectivity index (χ4n) is 2.31. The van der Waals surface area contributed by atoms with E-state index in [1.165, 1.54) is 0 Å². The van der Waals surface area contributed by atoms with Crippen molar-refractivity contribution in [1.29, 1.82) is 0 Å². The Bertz CT molecular complexity index is 986. The number of nitrogens with one attached hydrogen (secondary N) is 2. The van der Waals surface area contributed by atoms with Gasteiger partial charge in [-0.15, -0.1) is 10.2 Å². The van der Waals surface area contributed by atoms with Gasteiger partial charge >= 0.3 is 0 Å². The van der Waals surface area contributed by atoms with Crippen LogP contribution in [0.1, 0.15) is 22.8 Å². The summed E-state index contributed by atoms with van der Waals surface area (Å²) in [5.74, 6) is 0.283. The molecule has 9 heteroatoms. The van der Waals surface area contributed by atoms with Crippen LogP contribution in [0.3, 0.4) is 0 Å². The topological polar surface area (TPSA) is 106 Å². The lowest BCUT2D eigenvalue weighted by atomic mass is 10.1. The average molecular weight is 412 g/mol. The van der Waals surface area contributed by atoms with Crippen molar-refractivity contribution >= 4 is 23.6 Å². The van der Waals surface area contributed by atoms with Gasteiger partial charge in [-0.25, -0.2) is 0 Å². The number of benzene rings is 2. The van der Waals surface area contributed by atoms with Gasteiger partial charge < -0.3 is 9.15 Å². The summed E-state index contributed by atoms with van der Waals surface area (Å²) in [6.07, 6.45) is 0. The van der Waals surface area contributed by atoms with Gasteiger partial charge in [0.05, 0.1) is 12.4 Å². The van der Waals surface area contributed by atoms with Gasteiger partial charge in [-0.05, 0) is 50.2 Å². The zero-order valence-electron chi connectivity index (χ0n) is 16.1. The first kappa shape index (κ1) is 20.4. The third kappa shape index (κ3) is 5.35. The molecule has 0 saturated heterocycles. The Hall–Kier alpha value is -3.33. The SMILES string of the molecule is COc1ccc(-c2nnc(S[C@H](C)C(=O)NNC(=O)c3ccc(C)cc3)o2)cc1. The quantitative estimate of drug-likeness (QED) is 0.473. The molecule has 3 rings (SSSR count). The summed E-state index contributed by atoms with van der Waals surface area (Å²) in [6.45, 7) is 3.61. The van der Waals surface area contributed by atoms with E-state index in [4.69, 9.17) is 9.15 Å². The molecular weight excluding hydrogens is 392 g/mol. The molecule has 0 aliphatic carbocycles. The van der Waals surface area contributed by atoms with Crippen LogP contribution >= 0.6 is 11.8 Å². The van der Waals surface area contributed by atoms with Crippen molar-refractivity contribution in [3.63, 3.8) is 0 Å². The Morgan fingerprint density at radius 2 is 1.72 bits per heavy atom. The van der Waals surface area contributed by atoms with E-state index in [0.29, 0.717) is 11.5 Å². The number of rotatable bonds is 6. The Kier molecular flexibility index (Phi) is 6.50. The molecule has 0 bridgehead atoms. The van der Waals surface area contributed by atoms with E-state index in [1.807, 2.05) is 19.1 Å². The van der Waals surface area contributed by atoms with Gasteiger partial charge in [0.25, 0.3) is 17.0 Å². The molecule has 1 atom stereocenters. The van der Waals surface area contributed by atoms with Crippen LogP contribution < -0.4 is 15.6 Å². The highest BCUT2D eigenvalue weighted by atomic mass is 32.2. The lowest BCUT2D eigenvalue weighted by molar-refractivity contribution is -0.121. The zero-order valence-corrected chi connectivity index (χ0v) is 16.9. The fourth-order valence-corrected chi connectivity index (χ4v) is 2.99. The number of hydrazine groups is 1. The molecule has 8 nitrogen and oxygen atoms in total. The van der Waals surface area contributed by atoms with Crippen molar-refractivity contribution < 1.29 is 18.7 Å².